The number of hydrogen-bond acceptors (Lipinski definition) is 7. The number of thiocarbonyl (C=S) groups is 1. The fourth-order valence-electron chi connectivity index (χ4n) is 3.00. The number of hydrogen-bond donors (Lipinski definition) is 0. The largest absolute Gasteiger partial charge is 0.493 e. The summed E-state index contributed by atoms with van der Waals surface area (Å²) in [5.41, 5.74) is 3.77. The molecule has 6 nitrogen and oxygen atoms in total. The zero-order valence-electron chi connectivity index (χ0n) is 18.1. The van der Waals surface area contributed by atoms with Gasteiger partial charge in [0.05, 0.1) is 27.9 Å². The van der Waals surface area contributed by atoms with Gasteiger partial charge in [0.1, 0.15) is 0 Å². The normalized spacial score (nSPS) is 14.8. The van der Waals surface area contributed by atoms with Crippen LogP contribution < -0.4 is 14.4 Å². The molecular weight excluding hydrogens is 561 g/mol. The Morgan fingerprint density at radius 3 is 2.62 bits per heavy atom. The van der Waals surface area contributed by atoms with Crippen molar-refractivity contribution in [2.75, 3.05) is 25.2 Å². The summed E-state index contributed by atoms with van der Waals surface area (Å²) in [5.74, 6) is 0.280. The summed E-state index contributed by atoms with van der Waals surface area (Å²) in [6, 6.07) is 9.45. The smallest absolute Gasteiger partial charge is 0.344 e. The second-order valence-electron chi connectivity index (χ2n) is 6.91. The molecule has 0 atom stereocenters. The lowest BCUT2D eigenvalue weighted by molar-refractivity contribution is -0.145. The van der Waals surface area contributed by atoms with Crippen LogP contribution in [0.15, 0.2) is 35.2 Å². The molecule has 0 aliphatic carbocycles. The molecule has 168 valence electrons. The van der Waals surface area contributed by atoms with Crippen LogP contribution in [-0.2, 0) is 14.3 Å². The highest BCUT2D eigenvalue weighted by Crippen LogP contribution is 2.39. The van der Waals surface area contributed by atoms with Crippen molar-refractivity contribution in [3.8, 4) is 11.5 Å². The first-order valence-electron chi connectivity index (χ1n) is 9.76. The Morgan fingerprint density at radius 2 is 1.97 bits per heavy atom. The molecule has 0 saturated carbocycles. The van der Waals surface area contributed by atoms with Crippen LogP contribution >= 0.6 is 46.6 Å². The van der Waals surface area contributed by atoms with Crippen LogP contribution in [0.25, 0.3) is 6.08 Å². The Bertz CT molecular complexity index is 1120. The summed E-state index contributed by atoms with van der Waals surface area (Å²) >= 11 is 8.84. The average Bonchev–Trinajstić information content (AvgIpc) is 3.02. The number of thioether (sulfide) groups is 1. The maximum absolute atomic E-state index is 13.1. The first-order chi connectivity index (χ1) is 15.2. The molecule has 1 saturated heterocycles. The summed E-state index contributed by atoms with van der Waals surface area (Å²) in [5, 5.41) is 0. The van der Waals surface area contributed by atoms with E-state index < -0.39 is 5.97 Å². The summed E-state index contributed by atoms with van der Waals surface area (Å²) in [6.45, 7) is 5.84. The molecule has 1 amide bonds. The molecule has 1 heterocycles. The maximum Gasteiger partial charge on any atom is 0.344 e. The molecular formula is C23H22INO5S2. The molecule has 3 rings (SSSR count). The molecule has 2 aromatic rings. The lowest BCUT2D eigenvalue weighted by Crippen LogP contribution is -2.27. The van der Waals surface area contributed by atoms with Crippen LogP contribution in [0.1, 0.15) is 23.6 Å². The number of amides is 1. The molecule has 9 heteroatoms. The van der Waals surface area contributed by atoms with Gasteiger partial charge in [0.25, 0.3) is 5.91 Å². The standard InChI is InChI=1S/C23H22INO5S2/c1-5-29-20(26)12-30-21-17(24)9-15(10-18(21)28-4)11-19-22(27)25(23(31)32-19)16-7-6-13(2)14(3)8-16/h6-11H,5,12H2,1-4H3. The number of halogens is 1. The molecule has 0 unspecified atom stereocenters. The summed E-state index contributed by atoms with van der Waals surface area (Å²) in [7, 11) is 1.52. The topological polar surface area (TPSA) is 65.1 Å². The van der Waals surface area contributed by atoms with Gasteiger partial charge < -0.3 is 14.2 Å². The van der Waals surface area contributed by atoms with Crippen molar-refractivity contribution in [2.24, 2.45) is 0 Å². The molecule has 0 bridgehead atoms. The van der Waals surface area contributed by atoms with Crippen LogP contribution in [0.2, 0.25) is 0 Å². The van der Waals surface area contributed by atoms with Gasteiger partial charge >= 0.3 is 5.97 Å². The Labute approximate surface area is 210 Å². The Balaban J connectivity index is 1.87. The van der Waals surface area contributed by atoms with Crippen LogP contribution in [0.4, 0.5) is 5.69 Å². The van der Waals surface area contributed by atoms with Crippen molar-refractivity contribution >= 4 is 74.5 Å². The van der Waals surface area contributed by atoms with Crippen molar-refractivity contribution in [1.29, 1.82) is 0 Å². The van der Waals surface area contributed by atoms with Crippen LogP contribution in [-0.4, -0.2) is 36.5 Å². The van der Waals surface area contributed by atoms with E-state index in [1.165, 1.54) is 18.9 Å². The number of carbonyl (C=O) groups excluding carboxylic acids is 2. The van der Waals surface area contributed by atoms with Crippen molar-refractivity contribution in [1.82, 2.24) is 0 Å². The molecule has 1 aliphatic rings. The van der Waals surface area contributed by atoms with E-state index in [2.05, 4.69) is 22.6 Å². The van der Waals surface area contributed by atoms with Crippen molar-refractivity contribution in [3.63, 3.8) is 0 Å². The predicted molar refractivity (Wildman–Crippen MR) is 139 cm³/mol. The highest BCUT2D eigenvalue weighted by atomic mass is 127. The molecule has 2 aromatic carbocycles. The number of ether oxygens (including phenoxy) is 3. The molecule has 1 fully saturated rings. The summed E-state index contributed by atoms with van der Waals surface area (Å²) in [6.07, 6.45) is 1.78. The molecule has 0 aromatic heterocycles. The second kappa shape index (κ2) is 10.7. The minimum atomic E-state index is -0.454. The number of rotatable bonds is 7. The second-order valence-corrected chi connectivity index (χ2v) is 9.75. The lowest BCUT2D eigenvalue weighted by atomic mass is 10.1. The number of aryl methyl sites for hydroxylation is 2. The van der Waals surface area contributed by atoms with Gasteiger partial charge in [-0.15, -0.1) is 0 Å². The molecule has 32 heavy (non-hydrogen) atoms. The fourth-order valence-corrected chi connectivity index (χ4v) is 5.08. The fraction of sp³-hybridized carbons (Fsp3) is 0.261. The van der Waals surface area contributed by atoms with E-state index in [1.54, 1.807) is 24.0 Å². The van der Waals surface area contributed by atoms with Crippen molar-refractivity contribution < 1.29 is 23.8 Å². The van der Waals surface area contributed by atoms with E-state index in [0.717, 1.165) is 25.9 Å². The molecule has 0 radical (unpaired) electrons. The number of nitrogens with zero attached hydrogens (tertiary/aromatic N) is 1. The Hall–Kier alpha value is -2.11. The number of benzene rings is 2. The van der Waals surface area contributed by atoms with Gasteiger partial charge in [-0.25, -0.2) is 4.79 Å². The van der Waals surface area contributed by atoms with Gasteiger partial charge in [-0.2, -0.15) is 0 Å². The number of carbonyl (C=O) groups is 2. The van der Waals surface area contributed by atoms with Crippen LogP contribution in [0.3, 0.4) is 0 Å². The van der Waals surface area contributed by atoms with E-state index in [1.807, 2.05) is 38.1 Å². The third-order valence-corrected chi connectivity index (χ3v) is 6.84. The number of esters is 1. The Morgan fingerprint density at radius 1 is 1.22 bits per heavy atom. The van der Waals surface area contributed by atoms with Gasteiger partial charge in [0.15, 0.2) is 22.4 Å². The van der Waals surface area contributed by atoms with E-state index in [-0.39, 0.29) is 19.1 Å². The van der Waals surface area contributed by atoms with Gasteiger partial charge in [0.2, 0.25) is 0 Å². The first-order valence-corrected chi connectivity index (χ1v) is 12.1. The zero-order valence-corrected chi connectivity index (χ0v) is 21.9. The minimum Gasteiger partial charge on any atom is -0.493 e. The van der Waals surface area contributed by atoms with Crippen molar-refractivity contribution in [3.05, 3.63) is 55.5 Å². The van der Waals surface area contributed by atoms with Gasteiger partial charge in [-0.1, -0.05) is 30.0 Å². The highest BCUT2D eigenvalue weighted by Gasteiger charge is 2.33. The van der Waals surface area contributed by atoms with Gasteiger partial charge in [0, 0.05) is 0 Å². The quantitative estimate of drug-likeness (QED) is 0.191. The monoisotopic (exact) mass is 583 g/mol. The minimum absolute atomic E-state index is 0.167. The summed E-state index contributed by atoms with van der Waals surface area (Å²) < 4.78 is 17.2. The lowest BCUT2D eigenvalue weighted by Gasteiger charge is -2.16. The maximum atomic E-state index is 13.1. The predicted octanol–water partition coefficient (Wildman–Crippen LogP) is 5.26. The third-order valence-electron chi connectivity index (χ3n) is 4.73. The van der Waals surface area contributed by atoms with E-state index in [4.69, 9.17) is 26.4 Å². The van der Waals surface area contributed by atoms with Crippen molar-refractivity contribution in [2.45, 2.75) is 20.8 Å². The molecule has 0 N–H and O–H groups in total. The number of methoxy groups -OCH3 is 1. The average molecular weight is 583 g/mol. The Kier molecular flexibility index (Phi) is 8.18. The van der Waals surface area contributed by atoms with Gasteiger partial charge in [-0.3, -0.25) is 9.69 Å². The zero-order chi connectivity index (χ0) is 23.4. The van der Waals surface area contributed by atoms with Crippen LogP contribution in [0, 0.1) is 17.4 Å². The summed E-state index contributed by atoms with van der Waals surface area (Å²) in [4.78, 5) is 26.8. The van der Waals surface area contributed by atoms with E-state index in [9.17, 15) is 9.59 Å². The molecule has 1 aliphatic heterocycles. The first kappa shape index (κ1) is 24.5. The highest BCUT2D eigenvalue weighted by molar-refractivity contribution is 14.1. The van der Waals surface area contributed by atoms with E-state index in [0.29, 0.717) is 20.7 Å². The SMILES string of the molecule is CCOC(=O)COc1c(I)cc(C=C2SC(=S)N(c3ccc(C)c(C)c3)C2=O)cc1OC. The third kappa shape index (κ3) is 5.44. The molecule has 0 spiro atoms. The van der Waals surface area contributed by atoms with Gasteiger partial charge in [-0.05, 0) is 90.4 Å². The van der Waals surface area contributed by atoms with E-state index >= 15 is 0 Å². The number of anilines is 1. The van der Waals surface area contributed by atoms with Crippen LogP contribution in [0.5, 0.6) is 11.5 Å².